The topological polar surface area (TPSA) is 140 Å². The van der Waals surface area contributed by atoms with Gasteiger partial charge >= 0.3 is 0 Å². The minimum absolute atomic E-state index is 0.170. The molecule has 3 aromatic carbocycles. The van der Waals surface area contributed by atoms with Crippen LogP contribution < -0.4 is 20.1 Å². The molecule has 1 fully saturated rings. The number of carbonyl (C=O) groups is 4. The SMILES string of the molecule is COc1ccc2nc(-c3ccc(-c4ccc(NC(=O)CCCOc5ccc6c(c5)CN(C5CCC(=O)NC5=O)C6=O)nc4)cc3)sc2c1. The fourth-order valence-electron chi connectivity index (χ4n) is 5.87. The quantitative estimate of drug-likeness (QED) is 0.146. The number of anilines is 1. The lowest BCUT2D eigenvalue weighted by Gasteiger charge is -2.29. The predicted molar refractivity (Wildman–Crippen MR) is 181 cm³/mol. The van der Waals surface area contributed by atoms with E-state index in [4.69, 9.17) is 14.5 Å². The predicted octanol–water partition coefficient (Wildman–Crippen LogP) is 5.59. The molecule has 0 saturated carbocycles. The number of rotatable bonds is 10. The first-order valence-electron chi connectivity index (χ1n) is 15.6. The van der Waals surface area contributed by atoms with Crippen molar-refractivity contribution in [3.8, 4) is 33.2 Å². The summed E-state index contributed by atoms with van der Waals surface area (Å²) in [5.41, 5.74) is 5.19. The van der Waals surface area contributed by atoms with Crippen molar-refractivity contribution in [1.82, 2.24) is 20.2 Å². The van der Waals surface area contributed by atoms with E-state index in [0.717, 1.165) is 43.2 Å². The summed E-state index contributed by atoms with van der Waals surface area (Å²) in [6.45, 7) is 0.586. The maximum atomic E-state index is 12.9. The number of nitrogens with one attached hydrogen (secondary N) is 2. The highest BCUT2D eigenvalue weighted by molar-refractivity contribution is 7.21. The number of thiazole rings is 1. The van der Waals surface area contributed by atoms with Gasteiger partial charge in [-0.1, -0.05) is 24.3 Å². The van der Waals surface area contributed by atoms with Gasteiger partial charge in [0.15, 0.2) is 0 Å². The molecule has 2 aliphatic rings. The lowest BCUT2D eigenvalue weighted by atomic mass is 10.0. The van der Waals surface area contributed by atoms with E-state index >= 15 is 0 Å². The standard InChI is InChI=1S/C36H31N5O6S/c1-46-25-10-12-28-30(18-25)48-35(38-28)22-6-4-21(5-7-22)23-8-14-31(37-19-23)39-32(42)3-2-16-47-26-9-11-27-24(17-26)20-41(36(27)45)29-13-15-33(43)40-34(29)44/h4-12,14,17-19,29H,2-3,13,15-16,20H2,1H3,(H,37,39,42)(H,40,43,44). The first kappa shape index (κ1) is 31.0. The Morgan fingerprint density at radius 2 is 1.77 bits per heavy atom. The van der Waals surface area contributed by atoms with Crippen LogP contribution in [-0.2, 0) is 20.9 Å². The van der Waals surface area contributed by atoms with Crippen LogP contribution in [0.3, 0.4) is 0 Å². The average Bonchev–Trinajstić information content (AvgIpc) is 3.67. The van der Waals surface area contributed by atoms with Gasteiger partial charge in [0.05, 0.1) is 23.9 Å². The van der Waals surface area contributed by atoms with E-state index in [0.29, 0.717) is 36.6 Å². The Morgan fingerprint density at radius 3 is 2.54 bits per heavy atom. The smallest absolute Gasteiger partial charge is 0.255 e. The van der Waals surface area contributed by atoms with Gasteiger partial charge in [-0.15, -0.1) is 11.3 Å². The number of nitrogens with zero attached hydrogens (tertiary/aromatic N) is 3. The van der Waals surface area contributed by atoms with Gasteiger partial charge in [0.2, 0.25) is 17.7 Å². The molecule has 11 nitrogen and oxygen atoms in total. The van der Waals surface area contributed by atoms with Crippen LogP contribution in [0.2, 0.25) is 0 Å². The number of imide groups is 1. The molecule has 4 amide bonds. The molecular weight excluding hydrogens is 630 g/mol. The third-order valence-electron chi connectivity index (χ3n) is 8.40. The maximum Gasteiger partial charge on any atom is 0.255 e. The van der Waals surface area contributed by atoms with Crippen LogP contribution >= 0.6 is 11.3 Å². The van der Waals surface area contributed by atoms with Crippen molar-refractivity contribution < 1.29 is 28.7 Å². The van der Waals surface area contributed by atoms with E-state index in [1.54, 1.807) is 48.9 Å². The molecule has 1 atom stereocenters. The number of hydrogen-bond donors (Lipinski definition) is 2. The number of methoxy groups -OCH3 is 1. The van der Waals surface area contributed by atoms with Gasteiger partial charge in [0.25, 0.3) is 5.91 Å². The summed E-state index contributed by atoms with van der Waals surface area (Å²) in [6, 6.07) is 22.2. The third kappa shape index (κ3) is 6.47. The Labute approximate surface area is 279 Å². The van der Waals surface area contributed by atoms with Crippen molar-refractivity contribution >= 4 is 51.0 Å². The van der Waals surface area contributed by atoms with Gasteiger partial charge in [0.1, 0.15) is 28.4 Å². The monoisotopic (exact) mass is 661 g/mol. The second kappa shape index (κ2) is 13.2. The van der Waals surface area contributed by atoms with E-state index in [9.17, 15) is 19.2 Å². The Kier molecular flexibility index (Phi) is 8.55. The molecule has 1 saturated heterocycles. The number of fused-ring (bicyclic) bond motifs is 2. The van der Waals surface area contributed by atoms with E-state index in [1.165, 1.54) is 4.90 Å². The van der Waals surface area contributed by atoms with Crippen LogP contribution in [0.4, 0.5) is 5.82 Å². The number of pyridine rings is 1. The Balaban J connectivity index is 0.876. The molecule has 1 unspecified atom stereocenters. The zero-order chi connectivity index (χ0) is 33.2. The normalized spacial score (nSPS) is 15.7. The molecule has 7 rings (SSSR count). The molecular formula is C36H31N5O6S. The number of piperidine rings is 1. The van der Waals surface area contributed by atoms with Gasteiger partial charge < -0.3 is 19.7 Å². The van der Waals surface area contributed by atoms with Crippen molar-refractivity contribution in [2.75, 3.05) is 19.0 Å². The van der Waals surface area contributed by atoms with Gasteiger partial charge in [-0.25, -0.2) is 9.97 Å². The summed E-state index contributed by atoms with van der Waals surface area (Å²) in [5.74, 6) is 0.696. The maximum absolute atomic E-state index is 12.9. The number of hydrogen-bond acceptors (Lipinski definition) is 9. The molecule has 48 heavy (non-hydrogen) atoms. The van der Waals surface area contributed by atoms with Gasteiger partial charge in [-0.2, -0.15) is 0 Å². The van der Waals surface area contributed by atoms with Crippen LogP contribution in [0.15, 0.2) is 79.0 Å². The highest BCUT2D eigenvalue weighted by atomic mass is 32.1. The van der Waals surface area contributed by atoms with Crippen LogP contribution in [0.25, 0.3) is 31.9 Å². The first-order valence-corrected chi connectivity index (χ1v) is 16.4. The molecule has 0 aliphatic carbocycles. The van der Waals surface area contributed by atoms with Gasteiger partial charge in [-0.3, -0.25) is 24.5 Å². The summed E-state index contributed by atoms with van der Waals surface area (Å²) in [7, 11) is 1.65. The minimum atomic E-state index is -0.662. The summed E-state index contributed by atoms with van der Waals surface area (Å²) in [5, 5.41) is 6.08. The second-order valence-electron chi connectivity index (χ2n) is 11.6. The molecule has 2 N–H and O–H groups in total. The molecule has 2 aromatic heterocycles. The molecule has 2 aliphatic heterocycles. The largest absolute Gasteiger partial charge is 0.497 e. The van der Waals surface area contributed by atoms with Crippen LogP contribution in [0.5, 0.6) is 11.5 Å². The molecule has 5 aromatic rings. The average molecular weight is 662 g/mol. The minimum Gasteiger partial charge on any atom is -0.497 e. The van der Waals surface area contributed by atoms with Crippen molar-refractivity contribution in [3.05, 3.63) is 90.1 Å². The van der Waals surface area contributed by atoms with E-state index in [2.05, 4.69) is 15.6 Å². The lowest BCUT2D eigenvalue weighted by molar-refractivity contribution is -0.137. The highest BCUT2D eigenvalue weighted by Gasteiger charge is 2.39. The van der Waals surface area contributed by atoms with Gasteiger partial charge in [0, 0.05) is 42.3 Å². The zero-order valence-corrected chi connectivity index (χ0v) is 26.8. The summed E-state index contributed by atoms with van der Waals surface area (Å²) in [6.07, 6.45) is 2.98. The highest BCUT2D eigenvalue weighted by Crippen LogP contribution is 2.34. The number of carbonyl (C=O) groups excluding carboxylic acids is 4. The molecule has 12 heteroatoms. The third-order valence-corrected chi connectivity index (χ3v) is 9.47. The molecule has 242 valence electrons. The van der Waals surface area contributed by atoms with Gasteiger partial charge in [-0.05, 0) is 72.5 Å². The van der Waals surface area contributed by atoms with Crippen LogP contribution in [0, 0.1) is 0 Å². The first-order chi connectivity index (χ1) is 23.3. The summed E-state index contributed by atoms with van der Waals surface area (Å²) in [4.78, 5) is 59.9. The molecule has 4 heterocycles. The summed E-state index contributed by atoms with van der Waals surface area (Å²) >= 11 is 1.62. The van der Waals surface area contributed by atoms with Crippen molar-refractivity contribution in [3.63, 3.8) is 0 Å². The zero-order valence-electron chi connectivity index (χ0n) is 26.0. The Morgan fingerprint density at radius 1 is 0.979 bits per heavy atom. The molecule has 0 radical (unpaired) electrons. The fourth-order valence-corrected chi connectivity index (χ4v) is 6.87. The fraction of sp³-hybridized carbons (Fsp3) is 0.222. The van der Waals surface area contributed by atoms with E-state index in [-0.39, 0.29) is 37.1 Å². The molecule has 0 spiro atoms. The summed E-state index contributed by atoms with van der Waals surface area (Å²) < 4.78 is 12.2. The van der Waals surface area contributed by atoms with E-state index in [1.807, 2.05) is 48.5 Å². The lowest BCUT2D eigenvalue weighted by Crippen LogP contribution is -2.52. The van der Waals surface area contributed by atoms with Crippen molar-refractivity contribution in [2.45, 2.75) is 38.3 Å². The second-order valence-corrected chi connectivity index (χ2v) is 12.6. The van der Waals surface area contributed by atoms with Crippen molar-refractivity contribution in [2.24, 2.45) is 0 Å². The van der Waals surface area contributed by atoms with E-state index < -0.39 is 11.9 Å². The molecule has 0 bridgehead atoms. The Hall–Kier alpha value is -5.62. The number of benzene rings is 3. The van der Waals surface area contributed by atoms with Crippen LogP contribution in [0.1, 0.15) is 41.6 Å². The Bertz CT molecular complexity index is 2040. The van der Waals surface area contributed by atoms with Crippen molar-refractivity contribution in [1.29, 1.82) is 0 Å². The number of aromatic nitrogens is 2. The van der Waals surface area contributed by atoms with Crippen LogP contribution in [-0.4, -0.2) is 58.3 Å². The number of ether oxygens (including phenoxy) is 2. The number of amides is 4.